The summed E-state index contributed by atoms with van der Waals surface area (Å²) in [5.74, 6) is 0.272. The van der Waals surface area contributed by atoms with E-state index in [1.165, 1.54) is 25.4 Å². The maximum atomic E-state index is 13.4. The van der Waals surface area contributed by atoms with Crippen LogP contribution in [0.3, 0.4) is 0 Å². The van der Waals surface area contributed by atoms with Gasteiger partial charge in [-0.1, -0.05) is 12.1 Å². The predicted octanol–water partition coefficient (Wildman–Crippen LogP) is 4.66. The van der Waals surface area contributed by atoms with Gasteiger partial charge >= 0.3 is 6.36 Å². The number of benzene rings is 1. The summed E-state index contributed by atoms with van der Waals surface area (Å²) >= 11 is 1.98. The SMILES string of the molecule is CC(F)c1ncnc(NCCc2ccc(OC(F)(F)F)cc2)c1I. The highest BCUT2D eigenvalue weighted by Crippen LogP contribution is 2.25. The largest absolute Gasteiger partial charge is 0.573 e. The van der Waals surface area contributed by atoms with Crippen molar-refractivity contribution >= 4 is 28.4 Å². The lowest BCUT2D eigenvalue weighted by Gasteiger charge is -2.11. The Morgan fingerprint density at radius 3 is 2.46 bits per heavy atom. The van der Waals surface area contributed by atoms with Gasteiger partial charge in [-0.2, -0.15) is 0 Å². The van der Waals surface area contributed by atoms with Crippen LogP contribution in [0.2, 0.25) is 0 Å². The Morgan fingerprint density at radius 1 is 1.21 bits per heavy atom. The molecule has 1 N–H and O–H groups in total. The highest BCUT2D eigenvalue weighted by atomic mass is 127. The molecule has 0 fully saturated rings. The monoisotopic (exact) mass is 455 g/mol. The molecule has 1 aromatic carbocycles. The quantitative estimate of drug-likeness (QED) is 0.509. The Kier molecular flexibility index (Phi) is 6.19. The highest BCUT2D eigenvalue weighted by molar-refractivity contribution is 14.1. The molecule has 2 rings (SSSR count). The Bertz CT molecular complexity index is 677. The third-order valence-electron chi connectivity index (χ3n) is 3.06. The number of hydrogen-bond acceptors (Lipinski definition) is 4. The Morgan fingerprint density at radius 2 is 1.88 bits per heavy atom. The molecule has 2 aromatic rings. The average Bonchev–Trinajstić information content (AvgIpc) is 2.49. The third kappa shape index (κ3) is 5.46. The lowest BCUT2D eigenvalue weighted by Crippen LogP contribution is -2.17. The molecule has 0 aliphatic carbocycles. The number of halogens is 5. The summed E-state index contributed by atoms with van der Waals surface area (Å²) in [6, 6.07) is 5.64. The maximum absolute atomic E-state index is 13.4. The molecule has 0 saturated heterocycles. The van der Waals surface area contributed by atoms with Crippen molar-refractivity contribution in [2.75, 3.05) is 11.9 Å². The van der Waals surface area contributed by atoms with Crippen LogP contribution in [-0.4, -0.2) is 22.9 Å². The molecule has 4 nitrogen and oxygen atoms in total. The van der Waals surface area contributed by atoms with Gasteiger partial charge in [0.05, 0.1) is 9.26 Å². The van der Waals surface area contributed by atoms with Crippen LogP contribution in [0.15, 0.2) is 30.6 Å². The summed E-state index contributed by atoms with van der Waals surface area (Å²) < 4.78 is 54.1. The Labute approximate surface area is 149 Å². The molecule has 0 aliphatic heterocycles. The third-order valence-corrected chi connectivity index (χ3v) is 4.12. The van der Waals surface area contributed by atoms with Crippen LogP contribution in [0.25, 0.3) is 0 Å². The molecule has 0 bridgehead atoms. The Balaban J connectivity index is 1.92. The first kappa shape index (κ1) is 18.7. The summed E-state index contributed by atoms with van der Waals surface area (Å²) in [5.41, 5.74) is 1.15. The molecule has 1 unspecified atom stereocenters. The van der Waals surface area contributed by atoms with Gasteiger partial charge in [-0.05, 0) is 53.6 Å². The number of nitrogens with one attached hydrogen (secondary N) is 1. The van der Waals surface area contributed by atoms with Gasteiger partial charge in [0.2, 0.25) is 0 Å². The second-order valence-corrected chi connectivity index (χ2v) is 5.98. The second-order valence-electron chi connectivity index (χ2n) is 4.91. The topological polar surface area (TPSA) is 47.0 Å². The van der Waals surface area contributed by atoms with E-state index in [2.05, 4.69) is 20.0 Å². The summed E-state index contributed by atoms with van der Waals surface area (Å²) in [6.45, 7) is 1.89. The fourth-order valence-electron chi connectivity index (χ4n) is 1.97. The van der Waals surface area contributed by atoms with E-state index in [1.807, 2.05) is 22.6 Å². The van der Waals surface area contributed by atoms with Crippen molar-refractivity contribution in [2.24, 2.45) is 0 Å². The van der Waals surface area contributed by atoms with Crippen LogP contribution < -0.4 is 10.1 Å². The summed E-state index contributed by atoms with van der Waals surface area (Å²) in [7, 11) is 0. The van der Waals surface area contributed by atoms with Gasteiger partial charge in [-0.25, -0.2) is 14.4 Å². The molecule has 24 heavy (non-hydrogen) atoms. The van der Waals surface area contributed by atoms with E-state index in [9.17, 15) is 17.6 Å². The smallest absolute Gasteiger partial charge is 0.406 e. The molecule has 0 radical (unpaired) electrons. The lowest BCUT2D eigenvalue weighted by atomic mass is 10.1. The van der Waals surface area contributed by atoms with Gasteiger partial charge < -0.3 is 10.1 Å². The maximum Gasteiger partial charge on any atom is 0.573 e. The first-order valence-electron chi connectivity index (χ1n) is 6.99. The molecular weight excluding hydrogens is 441 g/mol. The van der Waals surface area contributed by atoms with Crippen LogP contribution in [0, 0.1) is 3.57 Å². The molecule has 0 aliphatic rings. The van der Waals surface area contributed by atoms with E-state index in [-0.39, 0.29) is 5.75 Å². The first-order valence-corrected chi connectivity index (χ1v) is 8.07. The molecule has 1 aromatic heterocycles. The second kappa shape index (κ2) is 7.95. The molecule has 9 heteroatoms. The molecule has 0 amide bonds. The normalized spacial score (nSPS) is 12.8. The number of rotatable bonds is 6. The van der Waals surface area contributed by atoms with E-state index < -0.39 is 12.5 Å². The summed E-state index contributed by atoms with van der Waals surface area (Å²) in [4.78, 5) is 7.97. The minimum Gasteiger partial charge on any atom is -0.406 e. The average molecular weight is 455 g/mol. The van der Waals surface area contributed by atoms with Gasteiger partial charge in [0, 0.05) is 6.54 Å². The van der Waals surface area contributed by atoms with Crippen molar-refractivity contribution in [1.29, 1.82) is 0 Å². The summed E-state index contributed by atoms with van der Waals surface area (Å²) in [5, 5.41) is 3.07. The van der Waals surface area contributed by atoms with Gasteiger partial charge in [0.15, 0.2) is 0 Å². The molecule has 0 spiro atoms. The number of ether oxygens (including phenoxy) is 1. The van der Waals surface area contributed by atoms with E-state index in [0.717, 1.165) is 5.56 Å². The Hall–Kier alpha value is -1.65. The zero-order chi connectivity index (χ0) is 17.7. The number of hydrogen-bond donors (Lipinski definition) is 1. The van der Waals surface area contributed by atoms with Crippen LogP contribution in [-0.2, 0) is 6.42 Å². The highest BCUT2D eigenvalue weighted by Gasteiger charge is 2.30. The van der Waals surface area contributed by atoms with E-state index in [0.29, 0.717) is 28.0 Å². The van der Waals surface area contributed by atoms with Crippen molar-refractivity contribution in [3.8, 4) is 5.75 Å². The van der Waals surface area contributed by atoms with Crippen LogP contribution in [0.5, 0.6) is 5.75 Å². The van der Waals surface area contributed by atoms with Gasteiger partial charge in [0.1, 0.15) is 24.1 Å². The van der Waals surface area contributed by atoms with Crippen molar-refractivity contribution in [3.05, 3.63) is 45.4 Å². The van der Waals surface area contributed by atoms with Gasteiger partial charge in [0.25, 0.3) is 0 Å². The van der Waals surface area contributed by atoms with Crippen molar-refractivity contribution in [3.63, 3.8) is 0 Å². The van der Waals surface area contributed by atoms with Crippen molar-refractivity contribution in [2.45, 2.75) is 25.9 Å². The number of anilines is 1. The zero-order valence-electron chi connectivity index (χ0n) is 12.6. The fourth-order valence-corrected chi connectivity index (χ4v) is 2.87. The molecular formula is C15H14F4IN3O. The number of nitrogens with zero attached hydrogens (tertiary/aromatic N) is 2. The number of alkyl halides is 4. The molecule has 0 saturated carbocycles. The van der Waals surface area contributed by atoms with Crippen molar-refractivity contribution < 1.29 is 22.3 Å². The van der Waals surface area contributed by atoms with E-state index in [4.69, 9.17) is 0 Å². The van der Waals surface area contributed by atoms with E-state index >= 15 is 0 Å². The van der Waals surface area contributed by atoms with Crippen LogP contribution in [0.1, 0.15) is 24.4 Å². The van der Waals surface area contributed by atoms with Gasteiger partial charge in [-0.3, -0.25) is 0 Å². The van der Waals surface area contributed by atoms with Crippen LogP contribution in [0.4, 0.5) is 23.4 Å². The first-order chi connectivity index (χ1) is 11.3. The minimum absolute atomic E-state index is 0.258. The van der Waals surface area contributed by atoms with Crippen LogP contribution >= 0.6 is 22.6 Å². The standard InChI is InChI=1S/C15H14F4IN3O/c1-9(16)13-12(20)14(23-8-22-13)21-7-6-10-2-4-11(5-3-10)24-15(17,18)19/h2-5,8-9H,6-7H2,1H3,(H,21,22,23). The molecule has 1 atom stereocenters. The minimum atomic E-state index is -4.70. The zero-order valence-corrected chi connectivity index (χ0v) is 14.7. The number of aromatic nitrogens is 2. The predicted molar refractivity (Wildman–Crippen MR) is 89.6 cm³/mol. The lowest BCUT2D eigenvalue weighted by molar-refractivity contribution is -0.274. The molecule has 1 heterocycles. The van der Waals surface area contributed by atoms with Gasteiger partial charge in [-0.15, -0.1) is 13.2 Å². The molecule has 130 valence electrons. The fraction of sp³-hybridized carbons (Fsp3) is 0.333. The van der Waals surface area contributed by atoms with E-state index in [1.54, 1.807) is 12.1 Å². The summed E-state index contributed by atoms with van der Waals surface area (Å²) in [6.07, 6.45) is -4.04. The van der Waals surface area contributed by atoms with Crippen molar-refractivity contribution in [1.82, 2.24) is 9.97 Å².